The molecule has 14 nitrogen and oxygen atoms in total. The van der Waals surface area contributed by atoms with Crippen molar-refractivity contribution in [3.63, 3.8) is 0 Å². The van der Waals surface area contributed by atoms with Crippen molar-refractivity contribution in [1.82, 2.24) is 29.4 Å². The number of anilines is 1. The van der Waals surface area contributed by atoms with E-state index in [2.05, 4.69) is 20.8 Å². The number of hydrogen-bond donors (Lipinski definition) is 2. The van der Waals surface area contributed by atoms with E-state index in [4.69, 9.17) is 9.47 Å². The molecule has 3 atom stereocenters. The van der Waals surface area contributed by atoms with Crippen molar-refractivity contribution in [3.8, 4) is 11.5 Å². The molecule has 1 aromatic heterocycles. The summed E-state index contributed by atoms with van der Waals surface area (Å²) in [6.45, 7) is 3.39. The second-order valence-electron chi connectivity index (χ2n) is 9.85. The van der Waals surface area contributed by atoms with Crippen LogP contribution in [0.25, 0.3) is 0 Å². The molecule has 41 heavy (non-hydrogen) atoms. The largest absolute Gasteiger partial charge is 0.497 e. The lowest BCUT2D eigenvalue weighted by molar-refractivity contribution is -0.116. The van der Waals surface area contributed by atoms with Gasteiger partial charge in [-0.15, -0.1) is 5.10 Å². The number of rotatable bonds is 10. The van der Waals surface area contributed by atoms with Crippen molar-refractivity contribution in [2.75, 3.05) is 39.2 Å². The van der Waals surface area contributed by atoms with Crippen LogP contribution < -0.4 is 14.8 Å². The molecule has 0 spiro atoms. The summed E-state index contributed by atoms with van der Waals surface area (Å²) >= 11 is 0. The first kappa shape index (κ1) is 29.9. The highest BCUT2D eigenvalue weighted by molar-refractivity contribution is 7.89. The average molecular weight is 588 g/mol. The van der Waals surface area contributed by atoms with E-state index in [9.17, 15) is 23.1 Å². The fourth-order valence-electron chi connectivity index (χ4n) is 4.40. The van der Waals surface area contributed by atoms with Crippen molar-refractivity contribution < 1.29 is 32.6 Å². The van der Waals surface area contributed by atoms with E-state index in [1.165, 1.54) is 52.6 Å². The number of fused-ring (bicyclic) bond motifs is 1. The molecule has 0 bridgehead atoms. The molecule has 15 heteroatoms. The number of aromatic nitrogens is 4. The third-order valence-electron chi connectivity index (χ3n) is 6.85. The number of nitrogens with zero attached hydrogens (tertiary/aromatic N) is 6. The van der Waals surface area contributed by atoms with Gasteiger partial charge < -0.3 is 24.8 Å². The summed E-state index contributed by atoms with van der Waals surface area (Å²) in [4.78, 5) is 27.7. The van der Waals surface area contributed by atoms with Gasteiger partial charge in [0.05, 0.1) is 36.8 Å². The van der Waals surface area contributed by atoms with Gasteiger partial charge >= 0.3 is 0 Å². The normalized spacial score (nSPS) is 18.2. The molecular formula is C26H33N7O7S. The number of benzene rings is 2. The molecule has 0 saturated carbocycles. The molecule has 2 N–H and O–H groups in total. The fourth-order valence-corrected chi connectivity index (χ4v) is 5.58. The maximum Gasteiger partial charge on any atom is 0.258 e. The van der Waals surface area contributed by atoms with Gasteiger partial charge in [0.1, 0.15) is 30.5 Å². The summed E-state index contributed by atoms with van der Waals surface area (Å²) in [6, 6.07) is 10.2. The van der Waals surface area contributed by atoms with Crippen LogP contribution in [-0.2, 0) is 21.4 Å². The number of aliphatic hydroxyl groups excluding tert-OH is 1. The fraction of sp³-hybridized carbons (Fsp3) is 0.423. The second kappa shape index (κ2) is 12.6. The lowest BCUT2D eigenvalue weighted by Crippen LogP contribution is -2.50. The van der Waals surface area contributed by atoms with Gasteiger partial charge in [0.25, 0.3) is 5.91 Å². The van der Waals surface area contributed by atoms with Crippen molar-refractivity contribution in [1.29, 1.82) is 0 Å². The maximum absolute atomic E-state index is 13.6. The summed E-state index contributed by atoms with van der Waals surface area (Å²) in [7, 11) is -0.888. The Morgan fingerprint density at radius 3 is 2.63 bits per heavy atom. The smallest absolute Gasteiger partial charge is 0.258 e. The number of likely N-dealkylation sites (N-methyl/N-ethyl adjacent to an activating group) is 1. The summed E-state index contributed by atoms with van der Waals surface area (Å²) in [5, 5.41) is 23.2. The van der Waals surface area contributed by atoms with Crippen LogP contribution in [0.4, 0.5) is 5.69 Å². The Balaban J connectivity index is 1.61. The number of sulfonamides is 1. The molecule has 2 aromatic carbocycles. The lowest BCUT2D eigenvalue weighted by atomic mass is 9.99. The van der Waals surface area contributed by atoms with Gasteiger partial charge in [-0.25, -0.2) is 13.1 Å². The average Bonchev–Trinajstić information content (AvgIpc) is 3.47. The molecule has 0 unspecified atom stereocenters. The third-order valence-corrected chi connectivity index (χ3v) is 8.69. The minimum Gasteiger partial charge on any atom is -0.497 e. The first-order valence-corrected chi connectivity index (χ1v) is 14.3. The van der Waals surface area contributed by atoms with E-state index in [0.717, 1.165) is 0 Å². The highest BCUT2D eigenvalue weighted by Gasteiger charge is 2.35. The lowest BCUT2D eigenvalue weighted by Gasteiger charge is -2.38. The number of tetrazole rings is 1. The van der Waals surface area contributed by atoms with Crippen LogP contribution in [0.5, 0.6) is 11.5 Å². The van der Waals surface area contributed by atoms with E-state index in [1.807, 2.05) is 6.92 Å². The molecule has 0 aliphatic carbocycles. The first-order valence-electron chi connectivity index (χ1n) is 12.9. The first-order chi connectivity index (χ1) is 19.5. The Hall–Kier alpha value is -4.08. The molecule has 1 aliphatic heterocycles. The number of methoxy groups -OCH3 is 1. The van der Waals surface area contributed by atoms with E-state index >= 15 is 0 Å². The Morgan fingerprint density at radius 1 is 1.27 bits per heavy atom. The number of carbonyl (C=O) groups excluding carboxylic acids is 2. The van der Waals surface area contributed by atoms with Gasteiger partial charge in [-0.2, -0.15) is 4.31 Å². The molecule has 3 aromatic rings. The summed E-state index contributed by atoms with van der Waals surface area (Å²) in [5.41, 5.74) is 0.517. The predicted octanol–water partition coefficient (Wildman–Crippen LogP) is 0.861. The Kier molecular flexibility index (Phi) is 9.20. The van der Waals surface area contributed by atoms with Crippen LogP contribution in [0.15, 0.2) is 53.7 Å². The number of hydrogen-bond acceptors (Lipinski definition) is 10. The van der Waals surface area contributed by atoms with Crippen LogP contribution in [0.1, 0.15) is 24.2 Å². The number of amides is 2. The standard InChI is InChI=1S/C26H33N7O7S/c1-17-12-33(18(2)15-34)26(36)22-11-19(28-25(35)14-32-16-27-29-30-32)5-10-23(22)40-24(17)13-31(3)41(37,38)21-8-6-20(39-4)7-9-21/h5-11,16-18,24,34H,12-15H2,1-4H3,(H,28,35)/t17-,18+,24+/m1/s1. The topological polar surface area (TPSA) is 169 Å². The summed E-state index contributed by atoms with van der Waals surface area (Å²) in [6.07, 6.45) is 0.659. The number of nitrogens with one attached hydrogen (secondary N) is 1. The molecule has 0 saturated heterocycles. The minimum atomic E-state index is -3.86. The molecule has 2 heterocycles. The molecular weight excluding hydrogens is 554 g/mol. The maximum atomic E-state index is 13.6. The van der Waals surface area contributed by atoms with E-state index in [0.29, 0.717) is 11.4 Å². The summed E-state index contributed by atoms with van der Waals surface area (Å²) in [5.74, 6) is -0.328. The zero-order valence-electron chi connectivity index (χ0n) is 23.2. The van der Waals surface area contributed by atoms with E-state index in [1.54, 1.807) is 31.2 Å². The zero-order valence-corrected chi connectivity index (χ0v) is 24.0. The van der Waals surface area contributed by atoms with Gasteiger partial charge in [0, 0.05) is 25.2 Å². The van der Waals surface area contributed by atoms with E-state index < -0.39 is 28.1 Å². The molecule has 1 aliphatic rings. The molecule has 2 amide bonds. The van der Waals surface area contributed by atoms with Gasteiger partial charge in [0.2, 0.25) is 15.9 Å². The van der Waals surface area contributed by atoms with Gasteiger partial charge in [-0.1, -0.05) is 6.92 Å². The molecule has 0 fully saturated rings. The molecule has 0 radical (unpaired) electrons. The quantitative estimate of drug-likeness (QED) is 0.347. The number of ether oxygens (including phenoxy) is 2. The SMILES string of the molecule is COc1ccc(S(=O)(=O)N(C)C[C@@H]2Oc3ccc(NC(=O)Cn4cnnn4)cc3C(=O)N([C@@H](C)CO)C[C@H]2C)cc1. The van der Waals surface area contributed by atoms with Crippen molar-refractivity contribution in [3.05, 3.63) is 54.4 Å². The zero-order chi connectivity index (χ0) is 29.7. The highest BCUT2D eigenvalue weighted by Crippen LogP contribution is 2.31. The summed E-state index contributed by atoms with van der Waals surface area (Å²) < 4.78 is 40.5. The van der Waals surface area contributed by atoms with E-state index in [-0.39, 0.29) is 54.3 Å². The second-order valence-corrected chi connectivity index (χ2v) is 11.9. The Morgan fingerprint density at radius 2 is 2.00 bits per heavy atom. The van der Waals surface area contributed by atoms with Gasteiger partial charge in [0.15, 0.2) is 0 Å². The minimum absolute atomic E-state index is 0.00503. The van der Waals surface area contributed by atoms with Gasteiger partial charge in [-0.3, -0.25) is 9.59 Å². The monoisotopic (exact) mass is 587 g/mol. The predicted molar refractivity (Wildman–Crippen MR) is 147 cm³/mol. The molecule has 220 valence electrons. The third kappa shape index (κ3) is 6.81. The Labute approximate surface area is 237 Å². The van der Waals surface area contributed by atoms with Crippen molar-refractivity contribution >= 4 is 27.5 Å². The van der Waals surface area contributed by atoms with Crippen LogP contribution in [-0.4, -0.2) is 101 Å². The Bertz CT molecular complexity index is 1470. The van der Waals surface area contributed by atoms with Gasteiger partial charge in [-0.05, 0) is 59.8 Å². The van der Waals surface area contributed by atoms with Crippen LogP contribution in [0, 0.1) is 5.92 Å². The highest BCUT2D eigenvalue weighted by atomic mass is 32.2. The van der Waals surface area contributed by atoms with Crippen molar-refractivity contribution in [2.24, 2.45) is 5.92 Å². The van der Waals surface area contributed by atoms with Crippen LogP contribution >= 0.6 is 0 Å². The van der Waals surface area contributed by atoms with Crippen molar-refractivity contribution in [2.45, 2.75) is 37.4 Å². The number of carbonyl (C=O) groups is 2. The van der Waals surface area contributed by atoms with Crippen LogP contribution in [0.2, 0.25) is 0 Å². The molecule has 4 rings (SSSR count). The number of aliphatic hydroxyl groups is 1. The van der Waals surface area contributed by atoms with Crippen LogP contribution in [0.3, 0.4) is 0 Å².